The predicted octanol–water partition coefficient (Wildman–Crippen LogP) is 0.676. The van der Waals surface area contributed by atoms with Crippen molar-refractivity contribution in [3.63, 3.8) is 0 Å². The molecule has 0 unspecified atom stereocenters. The second kappa shape index (κ2) is 4.48. The summed E-state index contributed by atoms with van der Waals surface area (Å²) in [5, 5.41) is 19.4. The number of hydrogen-bond donors (Lipinski definition) is 2. The van der Waals surface area contributed by atoms with Gasteiger partial charge in [0.15, 0.2) is 0 Å². The maximum atomic E-state index is 11.5. The summed E-state index contributed by atoms with van der Waals surface area (Å²) in [5.41, 5.74) is 1.21. The Bertz CT molecular complexity index is 576. The molecule has 88 valence electrons. The van der Waals surface area contributed by atoms with Gasteiger partial charge in [-0.2, -0.15) is 0 Å². The van der Waals surface area contributed by atoms with Gasteiger partial charge in [-0.05, 0) is 23.3 Å². The Morgan fingerprint density at radius 3 is 2.71 bits per heavy atom. The lowest BCUT2D eigenvalue weighted by Crippen LogP contribution is -2.29. The highest BCUT2D eigenvalue weighted by Crippen LogP contribution is 2.30. The van der Waals surface area contributed by atoms with Crippen molar-refractivity contribution >= 4 is 40.0 Å². The molecule has 2 N–H and O–H groups in total. The van der Waals surface area contributed by atoms with Crippen molar-refractivity contribution in [3.8, 4) is 0 Å². The van der Waals surface area contributed by atoms with E-state index in [2.05, 4.69) is 0 Å². The number of methoxy groups -OCH3 is 1. The Hall–Kier alpha value is -1.37. The van der Waals surface area contributed by atoms with E-state index in [9.17, 15) is 14.8 Å². The molecule has 1 aromatic heterocycles. The molecular weight excluding hydrogens is 239 g/mol. The lowest BCUT2D eigenvalue weighted by Gasteiger charge is -2.00. The standard InChI is InChI=1S/C11H11BO4S/c1-6-7-4-3-5-8(12(14)15)10(7)17-9(6)11(13)16-2/h3-5,14-15H,1-2H3. The van der Waals surface area contributed by atoms with Gasteiger partial charge in [-0.25, -0.2) is 4.79 Å². The summed E-state index contributed by atoms with van der Waals surface area (Å²) in [5.74, 6) is -0.401. The number of thiophene rings is 1. The smallest absolute Gasteiger partial charge is 0.465 e. The van der Waals surface area contributed by atoms with Crippen molar-refractivity contribution in [1.82, 2.24) is 0 Å². The minimum absolute atomic E-state index is 0.401. The third-order valence-electron chi connectivity index (χ3n) is 2.64. The van der Waals surface area contributed by atoms with Gasteiger partial charge >= 0.3 is 13.1 Å². The van der Waals surface area contributed by atoms with Crippen LogP contribution in [-0.4, -0.2) is 30.2 Å². The van der Waals surface area contributed by atoms with Crippen LogP contribution in [0.15, 0.2) is 18.2 Å². The van der Waals surface area contributed by atoms with Crippen LogP contribution < -0.4 is 5.46 Å². The molecule has 1 heterocycles. The number of benzene rings is 1. The lowest BCUT2D eigenvalue weighted by atomic mass is 9.79. The van der Waals surface area contributed by atoms with Gasteiger partial charge in [0.25, 0.3) is 0 Å². The average molecular weight is 250 g/mol. The third kappa shape index (κ3) is 1.95. The fourth-order valence-electron chi connectivity index (χ4n) is 1.76. The Labute approximate surface area is 103 Å². The first-order valence-corrected chi connectivity index (χ1v) is 5.84. The largest absolute Gasteiger partial charge is 0.489 e. The van der Waals surface area contributed by atoms with Crippen LogP contribution in [0.2, 0.25) is 0 Å². The molecule has 0 atom stereocenters. The fraction of sp³-hybridized carbons (Fsp3) is 0.182. The zero-order chi connectivity index (χ0) is 12.6. The molecule has 0 aliphatic carbocycles. The molecule has 4 nitrogen and oxygen atoms in total. The Kier molecular flexibility index (Phi) is 3.19. The first-order chi connectivity index (χ1) is 8.06. The number of carbonyl (C=O) groups is 1. The molecule has 0 saturated heterocycles. The number of carbonyl (C=O) groups excluding carboxylic acids is 1. The van der Waals surface area contributed by atoms with Gasteiger partial charge in [0, 0.05) is 4.70 Å². The Morgan fingerprint density at radius 1 is 1.41 bits per heavy atom. The number of rotatable bonds is 2. The zero-order valence-electron chi connectivity index (χ0n) is 9.43. The molecule has 0 spiro atoms. The third-order valence-corrected chi connectivity index (χ3v) is 3.98. The average Bonchev–Trinajstić information content (AvgIpc) is 2.66. The summed E-state index contributed by atoms with van der Waals surface area (Å²) < 4.78 is 5.40. The van der Waals surface area contributed by atoms with Crippen LogP contribution in [0.25, 0.3) is 10.1 Å². The maximum Gasteiger partial charge on any atom is 0.489 e. The van der Waals surface area contributed by atoms with Crippen molar-refractivity contribution in [2.45, 2.75) is 6.92 Å². The minimum Gasteiger partial charge on any atom is -0.465 e. The number of ether oxygens (including phenoxy) is 1. The summed E-state index contributed by atoms with van der Waals surface area (Å²) in [6.45, 7) is 1.82. The zero-order valence-corrected chi connectivity index (χ0v) is 10.2. The molecule has 0 aliphatic heterocycles. The van der Waals surface area contributed by atoms with Gasteiger partial charge in [-0.3, -0.25) is 0 Å². The molecule has 1 aromatic carbocycles. The van der Waals surface area contributed by atoms with Crippen molar-refractivity contribution < 1.29 is 19.6 Å². The number of fused-ring (bicyclic) bond motifs is 1. The van der Waals surface area contributed by atoms with E-state index in [-0.39, 0.29) is 0 Å². The van der Waals surface area contributed by atoms with E-state index in [0.717, 1.165) is 10.9 Å². The first kappa shape index (κ1) is 12.1. The van der Waals surface area contributed by atoms with Crippen molar-refractivity contribution in [2.24, 2.45) is 0 Å². The van der Waals surface area contributed by atoms with Crippen LogP contribution in [-0.2, 0) is 4.74 Å². The molecule has 0 radical (unpaired) electrons. The molecule has 0 amide bonds. The van der Waals surface area contributed by atoms with Gasteiger partial charge in [0.2, 0.25) is 0 Å². The molecule has 2 rings (SSSR count). The second-order valence-electron chi connectivity index (χ2n) is 3.65. The topological polar surface area (TPSA) is 66.8 Å². The van der Waals surface area contributed by atoms with Gasteiger partial charge < -0.3 is 14.8 Å². The lowest BCUT2D eigenvalue weighted by molar-refractivity contribution is 0.0605. The molecule has 6 heteroatoms. The SMILES string of the molecule is COC(=O)c1sc2c(B(O)O)cccc2c1C. The number of aryl methyl sites for hydroxylation is 1. The van der Waals surface area contributed by atoms with Gasteiger partial charge in [0.05, 0.1) is 7.11 Å². The summed E-state index contributed by atoms with van der Waals surface area (Å²) in [4.78, 5) is 12.0. The maximum absolute atomic E-state index is 11.5. The van der Waals surface area contributed by atoms with E-state index in [0.29, 0.717) is 15.0 Å². The van der Waals surface area contributed by atoms with E-state index in [4.69, 9.17) is 4.74 Å². The normalized spacial score (nSPS) is 10.6. The predicted molar refractivity (Wildman–Crippen MR) is 67.7 cm³/mol. The van der Waals surface area contributed by atoms with Crippen LogP contribution in [0.5, 0.6) is 0 Å². The van der Waals surface area contributed by atoms with Crippen LogP contribution >= 0.6 is 11.3 Å². The van der Waals surface area contributed by atoms with Crippen molar-refractivity contribution in [1.29, 1.82) is 0 Å². The summed E-state index contributed by atoms with van der Waals surface area (Å²) in [7, 11) is -0.212. The highest BCUT2D eigenvalue weighted by molar-refractivity contribution is 7.22. The highest BCUT2D eigenvalue weighted by atomic mass is 32.1. The molecule has 0 aliphatic rings. The van der Waals surface area contributed by atoms with Crippen LogP contribution in [0.3, 0.4) is 0 Å². The quantitative estimate of drug-likeness (QED) is 0.607. The number of hydrogen-bond acceptors (Lipinski definition) is 5. The van der Waals surface area contributed by atoms with Crippen LogP contribution in [0, 0.1) is 6.92 Å². The van der Waals surface area contributed by atoms with Crippen LogP contribution in [0.1, 0.15) is 15.2 Å². The van der Waals surface area contributed by atoms with Gasteiger partial charge in [0.1, 0.15) is 4.88 Å². The molecule has 0 fully saturated rings. The highest BCUT2D eigenvalue weighted by Gasteiger charge is 2.21. The van der Waals surface area contributed by atoms with Crippen LogP contribution in [0.4, 0.5) is 0 Å². The molecule has 0 saturated carbocycles. The molecule has 17 heavy (non-hydrogen) atoms. The summed E-state index contributed by atoms with van der Waals surface area (Å²) in [6.07, 6.45) is 0. The number of esters is 1. The molecule has 0 bridgehead atoms. The van der Waals surface area contributed by atoms with Gasteiger partial charge in [-0.1, -0.05) is 18.2 Å². The van der Waals surface area contributed by atoms with Crippen molar-refractivity contribution in [3.05, 3.63) is 28.6 Å². The van der Waals surface area contributed by atoms with E-state index in [1.807, 2.05) is 13.0 Å². The van der Waals surface area contributed by atoms with E-state index < -0.39 is 13.1 Å². The van der Waals surface area contributed by atoms with E-state index >= 15 is 0 Å². The summed E-state index contributed by atoms with van der Waals surface area (Å²) >= 11 is 1.22. The van der Waals surface area contributed by atoms with Gasteiger partial charge in [-0.15, -0.1) is 11.3 Å². The first-order valence-electron chi connectivity index (χ1n) is 5.02. The monoisotopic (exact) mass is 250 g/mol. The van der Waals surface area contributed by atoms with E-state index in [1.54, 1.807) is 12.1 Å². The summed E-state index contributed by atoms with van der Waals surface area (Å²) in [6, 6.07) is 5.21. The van der Waals surface area contributed by atoms with E-state index in [1.165, 1.54) is 18.4 Å². The molecular formula is C11H11BO4S. The Morgan fingerprint density at radius 2 is 2.12 bits per heavy atom. The Balaban J connectivity index is 2.73. The fourth-order valence-corrected chi connectivity index (χ4v) is 3.01. The molecule has 2 aromatic rings. The second-order valence-corrected chi connectivity index (χ2v) is 4.67. The minimum atomic E-state index is -1.54. The van der Waals surface area contributed by atoms with Crippen molar-refractivity contribution in [2.75, 3.05) is 7.11 Å².